The summed E-state index contributed by atoms with van der Waals surface area (Å²) in [5.74, 6) is 0.487. The molecule has 0 spiro atoms. The molecule has 0 aliphatic carbocycles. The third-order valence-electron chi connectivity index (χ3n) is 8.05. The quantitative estimate of drug-likeness (QED) is 0.292. The Hall–Kier alpha value is -2.56. The van der Waals surface area contributed by atoms with Crippen molar-refractivity contribution in [1.82, 2.24) is 15.1 Å². The number of hydrogen-bond donors (Lipinski definition) is 1. The molecule has 2 aliphatic heterocycles. The van der Waals surface area contributed by atoms with E-state index in [2.05, 4.69) is 10.1 Å². The predicted molar refractivity (Wildman–Crippen MR) is 165 cm³/mol. The van der Waals surface area contributed by atoms with E-state index in [-0.39, 0.29) is 30.1 Å². The Bertz CT molecular complexity index is 1040. The number of nitrogens with zero attached hydrogens (tertiary/aromatic N) is 2. The van der Waals surface area contributed by atoms with Gasteiger partial charge in [0.25, 0.3) is 0 Å². The van der Waals surface area contributed by atoms with Crippen molar-refractivity contribution in [2.75, 3.05) is 53.6 Å². The van der Waals surface area contributed by atoms with Gasteiger partial charge in [0, 0.05) is 63.3 Å². The summed E-state index contributed by atoms with van der Waals surface area (Å²) in [6, 6.07) is 7.47. The molecule has 1 aromatic carbocycles. The number of ether oxygens (including phenoxy) is 4. The van der Waals surface area contributed by atoms with Gasteiger partial charge >= 0.3 is 12.2 Å². The molecular formula is C32H50ClN3O7. The van der Waals surface area contributed by atoms with E-state index in [0.717, 1.165) is 44.3 Å². The lowest BCUT2D eigenvalue weighted by Gasteiger charge is -2.38. The number of halogens is 1. The minimum absolute atomic E-state index is 0.0638. The molecule has 2 aliphatic rings. The maximum Gasteiger partial charge on any atom is 0.410 e. The van der Waals surface area contributed by atoms with E-state index >= 15 is 0 Å². The molecule has 0 aromatic heterocycles. The molecular weight excluding hydrogens is 574 g/mol. The minimum Gasteiger partial charge on any atom is -0.453 e. The first-order chi connectivity index (χ1) is 20.5. The number of methoxy groups -OCH3 is 1. The Morgan fingerprint density at radius 3 is 2.67 bits per heavy atom. The number of rotatable bonds is 12. The molecule has 1 N–H and O–H groups in total. The van der Waals surface area contributed by atoms with E-state index < -0.39 is 11.7 Å². The molecule has 10 nitrogen and oxygen atoms in total. The van der Waals surface area contributed by atoms with Crippen molar-refractivity contribution in [1.29, 1.82) is 0 Å². The first-order valence-electron chi connectivity index (χ1n) is 15.5. The first kappa shape index (κ1) is 34.9. The van der Waals surface area contributed by atoms with Gasteiger partial charge in [-0.2, -0.15) is 0 Å². The van der Waals surface area contributed by atoms with Crippen LogP contribution in [0.25, 0.3) is 0 Å². The van der Waals surface area contributed by atoms with E-state index in [9.17, 15) is 14.4 Å². The number of piperidine rings is 1. The van der Waals surface area contributed by atoms with Crippen molar-refractivity contribution in [2.45, 2.75) is 83.5 Å². The average molecular weight is 624 g/mol. The molecule has 43 heavy (non-hydrogen) atoms. The summed E-state index contributed by atoms with van der Waals surface area (Å²) in [6.07, 6.45) is 4.32. The summed E-state index contributed by atoms with van der Waals surface area (Å²) in [7, 11) is 3.09. The van der Waals surface area contributed by atoms with Crippen molar-refractivity contribution in [3.8, 4) is 0 Å². The van der Waals surface area contributed by atoms with Crippen LogP contribution in [0.2, 0.25) is 5.02 Å². The monoisotopic (exact) mass is 623 g/mol. The van der Waals surface area contributed by atoms with E-state index in [0.29, 0.717) is 56.6 Å². The fourth-order valence-corrected chi connectivity index (χ4v) is 6.06. The van der Waals surface area contributed by atoms with Crippen LogP contribution in [-0.2, 0) is 23.7 Å². The molecule has 3 rings (SSSR count). The third-order valence-corrected chi connectivity index (χ3v) is 8.29. The molecule has 4 atom stereocenters. The molecule has 1 aromatic rings. The summed E-state index contributed by atoms with van der Waals surface area (Å²) < 4.78 is 22.3. The number of amides is 3. The van der Waals surface area contributed by atoms with Gasteiger partial charge in [-0.25, -0.2) is 9.59 Å². The fourth-order valence-electron chi connectivity index (χ4n) is 5.86. The Morgan fingerprint density at radius 2 is 2.00 bits per heavy atom. The molecule has 2 saturated heterocycles. The highest BCUT2D eigenvalue weighted by atomic mass is 35.5. The fraction of sp³-hybridized carbons (Fsp3) is 0.719. The number of carbonyl (C=O) groups excluding carboxylic acids is 3. The van der Waals surface area contributed by atoms with Crippen molar-refractivity contribution in [2.24, 2.45) is 11.8 Å². The second-order valence-corrected chi connectivity index (χ2v) is 13.0. The lowest BCUT2D eigenvalue weighted by Crippen LogP contribution is -2.44. The topological polar surface area (TPSA) is 107 Å². The van der Waals surface area contributed by atoms with E-state index in [4.69, 9.17) is 25.8 Å². The van der Waals surface area contributed by atoms with E-state index in [1.54, 1.807) is 11.9 Å². The van der Waals surface area contributed by atoms with E-state index in [1.807, 2.05) is 49.9 Å². The van der Waals surface area contributed by atoms with Crippen LogP contribution in [0, 0.1) is 11.8 Å². The number of nitrogens with one attached hydrogen (secondary N) is 1. The predicted octanol–water partition coefficient (Wildman–Crippen LogP) is 5.82. The van der Waals surface area contributed by atoms with Crippen LogP contribution in [0.1, 0.15) is 77.4 Å². The van der Waals surface area contributed by atoms with Crippen LogP contribution in [0.15, 0.2) is 24.3 Å². The Morgan fingerprint density at radius 1 is 1.21 bits per heavy atom. The van der Waals surface area contributed by atoms with Crippen LogP contribution in [0.5, 0.6) is 0 Å². The number of alkyl carbamates (subject to hydrolysis) is 1. The number of likely N-dealkylation sites (tertiary alicyclic amines) is 1. The van der Waals surface area contributed by atoms with Gasteiger partial charge in [-0.1, -0.05) is 23.7 Å². The lowest BCUT2D eigenvalue weighted by atomic mass is 9.88. The Balaban J connectivity index is 1.65. The maximum atomic E-state index is 13.6. The number of carbonyl (C=O) groups is 3. The smallest absolute Gasteiger partial charge is 0.410 e. The summed E-state index contributed by atoms with van der Waals surface area (Å²) in [4.78, 5) is 41.6. The van der Waals surface area contributed by atoms with Gasteiger partial charge in [-0.05, 0) is 82.9 Å². The van der Waals surface area contributed by atoms with Gasteiger partial charge in [0.2, 0.25) is 5.91 Å². The first-order valence-corrected chi connectivity index (χ1v) is 15.8. The molecule has 0 radical (unpaired) electrons. The summed E-state index contributed by atoms with van der Waals surface area (Å²) in [5, 5.41) is 3.26. The molecule has 11 heteroatoms. The van der Waals surface area contributed by atoms with Crippen LogP contribution >= 0.6 is 11.6 Å². The highest BCUT2D eigenvalue weighted by molar-refractivity contribution is 6.30. The minimum atomic E-state index is -0.598. The van der Waals surface area contributed by atoms with Crippen molar-refractivity contribution >= 4 is 29.7 Å². The number of hydrogen-bond acceptors (Lipinski definition) is 7. The molecule has 0 saturated carbocycles. The van der Waals surface area contributed by atoms with Crippen molar-refractivity contribution in [3.05, 3.63) is 34.9 Å². The third kappa shape index (κ3) is 11.8. The van der Waals surface area contributed by atoms with Gasteiger partial charge in [-0.3, -0.25) is 4.79 Å². The Kier molecular flexibility index (Phi) is 13.9. The highest BCUT2D eigenvalue weighted by Gasteiger charge is 2.33. The van der Waals surface area contributed by atoms with Crippen LogP contribution in [0.4, 0.5) is 9.59 Å². The van der Waals surface area contributed by atoms with E-state index in [1.165, 1.54) is 7.11 Å². The summed E-state index contributed by atoms with van der Waals surface area (Å²) in [6.45, 7) is 8.87. The summed E-state index contributed by atoms with van der Waals surface area (Å²) >= 11 is 6.31. The summed E-state index contributed by atoms with van der Waals surface area (Å²) in [5.41, 5.74) is 0.345. The van der Waals surface area contributed by atoms with Gasteiger partial charge in [-0.15, -0.1) is 0 Å². The molecule has 0 unspecified atom stereocenters. The van der Waals surface area contributed by atoms with Crippen LogP contribution in [0.3, 0.4) is 0 Å². The second-order valence-electron chi connectivity index (χ2n) is 12.6. The zero-order valence-corrected chi connectivity index (χ0v) is 27.2. The van der Waals surface area contributed by atoms with Crippen molar-refractivity contribution in [3.63, 3.8) is 0 Å². The van der Waals surface area contributed by atoms with Gasteiger partial charge in [0.05, 0.1) is 19.8 Å². The molecule has 2 heterocycles. The van der Waals surface area contributed by atoms with Crippen LogP contribution < -0.4 is 5.32 Å². The van der Waals surface area contributed by atoms with Gasteiger partial charge in [0.1, 0.15) is 5.60 Å². The molecule has 3 amide bonds. The largest absolute Gasteiger partial charge is 0.453 e. The maximum absolute atomic E-state index is 13.6. The molecule has 2 fully saturated rings. The van der Waals surface area contributed by atoms with Crippen molar-refractivity contribution < 1.29 is 33.3 Å². The second kappa shape index (κ2) is 17.1. The number of benzene rings is 1. The Labute approximate surface area is 261 Å². The normalized spacial score (nSPS) is 20.6. The lowest BCUT2D eigenvalue weighted by molar-refractivity contribution is -0.135. The SMILES string of the molecule is COC(=O)NCCO[C@@H](c1cccc(Cl)c1)[C@@H]1CCCN(C(=O)CC[C@H](C[C@H]2CCCOC2)N(C)C(=O)OC(C)(C)C)C1. The molecule has 0 bridgehead atoms. The molecule has 242 valence electrons. The van der Waals surface area contributed by atoms with Crippen LogP contribution in [-0.4, -0.2) is 93.1 Å². The van der Waals surface area contributed by atoms with Gasteiger partial charge in [0.15, 0.2) is 0 Å². The highest BCUT2D eigenvalue weighted by Crippen LogP contribution is 2.34. The average Bonchev–Trinajstić information content (AvgIpc) is 2.98. The van der Waals surface area contributed by atoms with Gasteiger partial charge < -0.3 is 34.1 Å². The zero-order chi connectivity index (χ0) is 31.4. The zero-order valence-electron chi connectivity index (χ0n) is 26.4. The standard InChI is InChI=1S/C32H50ClN3O7/c1-32(2,3)43-31(39)35(4)27(19-23-9-8-17-41-22-23)13-14-28(37)36-16-7-11-25(21-36)29(24-10-6-12-26(33)20-24)42-18-15-34-30(38)40-5/h6,10,12,20,23,25,27,29H,7-9,11,13-19,21-22H2,1-5H3,(H,34,38)/t23-,25-,27-,29+/m1/s1.